The smallest absolute Gasteiger partial charge is 0.232 e. The second kappa shape index (κ2) is 6.39. The summed E-state index contributed by atoms with van der Waals surface area (Å²) in [5, 5.41) is 3.04. The maximum atomic E-state index is 12.9. The van der Waals surface area contributed by atoms with Gasteiger partial charge in [0.25, 0.3) is 0 Å². The molecule has 2 rings (SSSR count). The van der Waals surface area contributed by atoms with Crippen molar-refractivity contribution < 1.29 is 9.13 Å². The van der Waals surface area contributed by atoms with Crippen LogP contribution < -0.4 is 15.0 Å². The van der Waals surface area contributed by atoms with Crippen molar-refractivity contribution in [3.8, 4) is 5.88 Å². The van der Waals surface area contributed by atoms with Crippen LogP contribution in [0.25, 0.3) is 0 Å². The minimum absolute atomic E-state index is 0.0218. The van der Waals surface area contributed by atoms with Crippen LogP contribution in [0.15, 0.2) is 30.3 Å². The topological polar surface area (TPSA) is 50.3 Å². The van der Waals surface area contributed by atoms with Crippen molar-refractivity contribution in [2.75, 3.05) is 24.3 Å². The average molecular weight is 290 g/mol. The molecule has 0 saturated carbocycles. The highest BCUT2D eigenvalue weighted by molar-refractivity contribution is 5.56. The summed E-state index contributed by atoms with van der Waals surface area (Å²) in [5.41, 5.74) is 0.711. The fourth-order valence-electron chi connectivity index (χ4n) is 1.66. The first-order chi connectivity index (χ1) is 9.94. The van der Waals surface area contributed by atoms with E-state index in [2.05, 4.69) is 15.3 Å². The molecule has 0 fully saturated rings. The molecule has 1 heterocycles. The summed E-state index contributed by atoms with van der Waals surface area (Å²) in [5.74, 6) is 1.34. The zero-order chi connectivity index (χ0) is 15.4. The molecule has 0 bridgehead atoms. The van der Waals surface area contributed by atoms with E-state index in [1.54, 1.807) is 18.2 Å². The van der Waals surface area contributed by atoms with Gasteiger partial charge in [-0.25, -0.2) is 4.39 Å². The van der Waals surface area contributed by atoms with Crippen molar-refractivity contribution in [1.82, 2.24) is 9.97 Å². The maximum absolute atomic E-state index is 12.9. The Morgan fingerprint density at radius 3 is 2.38 bits per heavy atom. The highest BCUT2D eigenvalue weighted by Gasteiger charge is 2.09. The van der Waals surface area contributed by atoms with Gasteiger partial charge in [0, 0.05) is 25.8 Å². The number of nitrogens with one attached hydrogen (secondary N) is 1. The minimum Gasteiger partial charge on any atom is -0.475 e. The van der Waals surface area contributed by atoms with E-state index in [-0.39, 0.29) is 11.9 Å². The number of benzene rings is 1. The molecule has 0 aliphatic rings. The quantitative estimate of drug-likeness (QED) is 0.916. The second-order valence-corrected chi connectivity index (χ2v) is 5.08. The SMILES string of the molecule is CC(C)Oc1cc(N(C)C)nc(Nc2ccc(F)cc2)n1. The van der Waals surface area contributed by atoms with Crippen LogP contribution in [-0.4, -0.2) is 30.2 Å². The lowest BCUT2D eigenvalue weighted by Crippen LogP contribution is -2.14. The summed E-state index contributed by atoms with van der Waals surface area (Å²) in [7, 11) is 3.78. The molecule has 0 radical (unpaired) electrons. The Kier molecular flexibility index (Phi) is 4.57. The number of nitrogens with zero attached hydrogens (tertiary/aromatic N) is 3. The zero-order valence-corrected chi connectivity index (χ0v) is 12.6. The summed E-state index contributed by atoms with van der Waals surface area (Å²) in [4.78, 5) is 10.6. The molecular weight excluding hydrogens is 271 g/mol. The number of hydrogen-bond donors (Lipinski definition) is 1. The van der Waals surface area contributed by atoms with Crippen LogP contribution in [0.4, 0.5) is 21.8 Å². The van der Waals surface area contributed by atoms with Gasteiger partial charge in [0.05, 0.1) is 6.10 Å². The molecule has 5 nitrogen and oxygen atoms in total. The Hall–Kier alpha value is -2.37. The van der Waals surface area contributed by atoms with Crippen molar-refractivity contribution in [2.45, 2.75) is 20.0 Å². The zero-order valence-electron chi connectivity index (χ0n) is 12.6. The van der Waals surface area contributed by atoms with Crippen LogP contribution in [-0.2, 0) is 0 Å². The van der Waals surface area contributed by atoms with Gasteiger partial charge in [0.1, 0.15) is 11.6 Å². The Labute approximate surface area is 123 Å². The van der Waals surface area contributed by atoms with E-state index in [4.69, 9.17) is 4.74 Å². The number of hydrogen-bond acceptors (Lipinski definition) is 5. The Morgan fingerprint density at radius 2 is 1.81 bits per heavy atom. The Balaban J connectivity index is 2.28. The van der Waals surface area contributed by atoms with Gasteiger partial charge in [-0.2, -0.15) is 9.97 Å². The van der Waals surface area contributed by atoms with Crippen LogP contribution in [0.5, 0.6) is 5.88 Å². The number of anilines is 3. The molecule has 1 N–H and O–H groups in total. The third-order valence-corrected chi connectivity index (χ3v) is 2.60. The first-order valence-corrected chi connectivity index (χ1v) is 6.69. The van der Waals surface area contributed by atoms with Crippen LogP contribution >= 0.6 is 0 Å². The van der Waals surface area contributed by atoms with Crippen LogP contribution in [0.3, 0.4) is 0 Å². The Bertz CT molecular complexity index is 599. The second-order valence-electron chi connectivity index (χ2n) is 5.08. The summed E-state index contributed by atoms with van der Waals surface area (Å²) in [6, 6.07) is 7.79. The van der Waals surface area contributed by atoms with Crippen LogP contribution in [0, 0.1) is 5.82 Å². The van der Waals surface area contributed by atoms with Crippen molar-refractivity contribution >= 4 is 17.5 Å². The van der Waals surface area contributed by atoms with Gasteiger partial charge in [-0.1, -0.05) is 0 Å². The summed E-state index contributed by atoms with van der Waals surface area (Å²) in [6.45, 7) is 3.87. The lowest BCUT2D eigenvalue weighted by molar-refractivity contribution is 0.232. The average Bonchev–Trinajstić information content (AvgIpc) is 2.40. The van der Waals surface area contributed by atoms with Crippen molar-refractivity contribution in [2.24, 2.45) is 0 Å². The number of ether oxygens (including phenoxy) is 1. The number of aromatic nitrogens is 2. The third-order valence-electron chi connectivity index (χ3n) is 2.60. The molecular formula is C15H19FN4O. The molecule has 0 saturated heterocycles. The van der Waals surface area contributed by atoms with E-state index >= 15 is 0 Å². The van der Waals surface area contributed by atoms with E-state index in [0.717, 1.165) is 5.82 Å². The largest absolute Gasteiger partial charge is 0.475 e. The molecule has 112 valence electrons. The van der Waals surface area contributed by atoms with Gasteiger partial charge in [-0.3, -0.25) is 0 Å². The monoisotopic (exact) mass is 290 g/mol. The molecule has 1 aromatic heterocycles. The van der Waals surface area contributed by atoms with Gasteiger partial charge < -0.3 is 15.0 Å². The molecule has 21 heavy (non-hydrogen) atoms. The molecule has 0 aliphatic carbocycles. The number of rotatable bonds is 5. The van der Waals surface area contributed by atoms with E-state index < -0.39 is 0 Å². The molecule has 0 unspecified atom stereocenters. The van der Waals surface area contributed by atoms with E-state index in [1.165, 1.54) is 12.1 Å². The standard InChI is InChI=1S/C15H19FN4O/c1-10(2)21-14-9-13(20(3)4)18-15(19-14)17-12-7-5-11(16)6-8-12/h5-10H,1-4H3,(H,17,18,19). The summed E-state index contributed by atoms with van der Waals surface area (Å²) in [6.07, 6.45) is 0.0218. The fourth-order valence-corrected chi connectivity index (χ4v) is 1.66. The van der Waals surface area contributed by atoms with Crippen LogP contribution in [0.1, 0.15) is 13.8 Å². The van der Waals surface area contributed by atoms with Gasteiger partial charge >= 0.3 is 0 Å². The van der Waals surface area contributed by atoms with Gasteiger partial charge in [0.2, 0.25) is 11.8 Å². The lowest BCUT2D eigenvalue weighted by atomic mass is 10.3. The van der Waals surface area contributed by atoms with E-state index in [9.17, 15) is 4.39 Å². The first-order valence-electron chi connectivity index (χ1n) is 6.69. The normalized spacial score (nSPS) is 10.6. The lowest BCUT2D eigenvalue weighted by Gasteiger charge is -2.16. The molecule has 6 heteroatoms. The maximum Gasteiger partial charge on any atom is 0.232 e. The Morgan fingerprint density at radius 1 is 1.14 bits per heavy atom. The van der Waals surface area contributed by atoms with Crippen molar-refractivity contribution in [3.05, 3.63) is 36.1 Å². The van der Waals surface area contributed by atoms with Gasteiger partial charge in [-0.05, 0) is 38.1 Å². The fraction of sp³-hybridized carbons (Fsp3) is 0.333. The van der Waals surface area contributed by atoms with E-state index in [1.807, 2.05) is 32.8 Å². The van der Waals surface area contributed by atoms with Crippen LogP contribution in [0.2, 0.25) is 0 Å². The van der Waals surface area contributed by atoms with Crippen molar-refractivity contribution in [1.29, 1.82) is 0 Å². The highest BCUT2D eigenvalue weighted by Crippen LogP contribution is 2.21. The van der Waals surface area contributed by atoms with Gasteiger partial charge in [0.15, 0.2) is 0 Å². The van der Waals surface area contributed by atoms with E-state index in [0.29, 0.717) is 17.5 Å². The predicted octanol–water partition coefficient (Wildman–Crippen LogP) is 3.21. The third kappa shape index (κ3) is 4.30. The van der Waals surface area contributed by atoms with Gasteiger partial charge in [-0.15, -0.1) is 0 Å². The molecule has 0 amide bonds. The highest BCUT2D eigenvalue weighted by atomic mass is 19.1. The molecule has 1 aromatic carbocycles. The number of halogens is 1. The molecule has 0 spiro atoms. The van der Waals surface area contributed by atoms with Crippen molar-refractivity contribution in [3.63, 3.8) is 0 Å². The summed E-state index contributed by atoms with van der Waals surface area (Å²) >= 11 is 0. The summed E-state index contributed by atoms with van der Waals surface area (Å²) < 4.78 is 18.5. The molecule has 2 aromatic rings. The first kappa shape index (κ1) is 15.0. The molecule has 0 aliphatic heterocycles. The minimum atomic E-state index is -0.285. The molecule has 0 atom stereocenters. The predicted molar refractivity (Wildman–Crippen MR) is 81.8 cm³/mol.